The van der Waals surface area contributed by atoms with Crippen molar-refractivity contribution in [2.24, 2.45) is 5.41 Å². The molecule has 1 aromatic rings. The Morgan fingerprint density at radius 1 is 1.14 bits per heavy atom. The van der Waals surface area contributed by atoms with Crippen LogP contribution in [0.25, 0.3) is 0 Å². The van der Waals surface area contributed by atoms with Crippen molar-refractivity contribution in [3.63, 3.8) is 0 Å². The fourth-order valence-corrected chi connectivity index (χ4v) is 3.51. The Balaban J connectivity index is 2.03. The highest BCUT2D eigenvalue weighted by molar-refractivity contribution is 5.48. The first-order valence-electron chi connectivity index (χ1n) is 8.25. The molecule has 21 heavy (non-hydrogen) atoms. The van der Waals surface area contributed by atoms with Crippen molar-refractivity contribution >= 4 is 5.69 Å². The molecule has 1 saturated carbocycles. The van der Waals surface area contributed by atoms with Gasteiger partial charge in [-0.15, -0.1) is 0 Å². The van der Waals surface area contributed by atoms with Gasteiger partial charge in [0, 0.05) is 31.2 Å². The van der Waals surface area contributed by atoms with Gasteiger partial charge in [0.25, 0.3) is 0 Å². The molecule has 1 aromatic carbocycles. The molecule has 1 N–H and O–H groups in total. The minimum atomic E-state index is 0.433. The van der Waals surface area contributed by atoms with E-state index in [0.717, 1.165) is 25.4 Å². The zero-order valence-corrected chi connectivity index (χ0v) is 13.8. The van der Waals surface area contributed by atoms with Crippen molar-refractivity contribution in [3.8, 4) is 5.75 Å². The minimum absolute atomic E-state index is 0.433. The van der Waals surface area contributed by atoms with Crippen LogP contribution in [0.2, 0.25) is 0 Å². The van der Waals surface area contributed by atoms with E-state index in [1.54, 1.807) is 7.11 Å². The molecule has 0 bridgehead atoms. The zero-order valence-electron chi connectivity index (χ0n) is 13.8. The van der Waals surface area contributed by atoms with Crippen molar-refractivity contribution in [3.05, 3.63) is 24.3 Å². The fraction of sp³-hybridized carbons (Fsp3) is 0.667. The number of anilines is 1. The van der Waals surface area contributed by atoms with Crippen LogP contribution in [-0.4, -0.2) is 33.8 Å². The number of benzene rings is 1. The summed E-state index contributed by atoms with van der Waals surface area (Å²) in [7, 11) is 3.93. The molecule has 3 heteroatoms. The van der Waals surface area contributed by atoms with Gasteiger partial charge in [-0.05, 0) is 43.7 Å². The summed E-state index contributed by atoms with van der Waals surface area (Å²) in [5.41, 5.74) is 1.71. The molecule has 0 radical (unpaired) electrons. The molecule has 0 spiro atoms. The predicted molar refractivity (Wildman–Crippen MR) is 90.3 cm³/mol. The lowest BCUT2D eigenvalue weighted by atomic mass is 9.73. The molecule has 1 fully saturated rings. The second-order valence-electron chi connectivity index (χ2n) is 6.40. The Morgan fingerprint density at radius 3 is 2.38 bits per heavy atom. The maximum absolute atomic E-state index is 5.24. The Hall–Kier alpha value is -1.22. The highest BCUT2D eigenvalue weighted by Gasteiger charge is 2.32. The lowest BCUT2D eigenvalue weighted by Gasteiger charge is -2.41. The number of nitrogens with one attached hydrogen (secondary N) is 1. The largest absolute Gasteiger partial charge is 0.497 e. The van der Waals surface area contributed by atoms with Gasteiger partial charge >= 0.3 is 0 Å². The van der Waals surface area contributed by atoms with Gasteiger partial charge in [0.2, 0.25) is 0 Å². The molecule has 1 aliphatic rings. The summed E-state index contributed by atoms with van der Waals surface area (Å²) < 4.78 is 5.24. The van der Waals surface area contributed by atoms with Crippen LogP contribution in [0.1, 0.15) is 39.0 Å². The highest BCUT2D eigenvalue weighted by Crippen LogP contribution is 2.37. The molecule has 1 aliphatic carbocycles. The number of methoxy groups -OCH3 is 1. The number of hydrogen-bond donors (Lipinski definition) is 1. The summed E-state index contributed by atoms with van der Waals surface area (Å²) in [6, 6.07) is 8.40. The van der Waals surface area contributed by atoms with Crippen molar-refractivity contribution in [1.29, 1.82) is 0 Å². The fourth-order valence-electron chi connectivity index (χ4n) is 3.51. The standard InChI is InChI=1S/C18H30N2O/c1-4-19-14-18(12-6-5-7-13-18)15-20(2)16-8-10-17(21-3)11-9-16/h8-11,19H,4-7,12-15H2,1-3H3. The highest BCUT2D eigenvalue weighted by atomic mass is 16.5. The van der Waals surface area contributed by atoms with E-state index >= 15 is 0 Å². The van der Waals surface area contributed by atoms with Crippen molar-refractivity contribution in [2.45, 2.75) is 39.0 Å². The van der Waals surface area contributed by atoms with Gasteiger partial charge in [0.1, 0.15) is 5.75 Å². The van der Waals surface area contributed by atoms with Crippen LogP contribution in [0.3, 0.4) is 0 Å². The Labute approximate surface area is 129 Å². The molecule has 0 aliphatic heterocycles. The smallest absolute Gasteiger partial charge is 0.119 e. The summed E-state index contributed by atoms with van der Waals surface area (Å²) >= 11 is 0. The molecule has 0 atom stereocenters. The molecule has 0 aromatic heterocycles. The summed E-state index contributed by atoms with van der Waals surface area (Å²) in [6.07, 6.45) is 6.85. The Morgan fingerprint density at radius 2 is 1.81 bits per heavy atom. The summed E-state index contributed by atoms with van der Waals surface area (Å²) in [5, 5.41) is 3.59. The first-order valence-corrected chi connectivity index (χ1v) is 8.25. The molecule has 0 amide bonds. The van der Waals surface area contributed by atoms with E-state index in [2.05, 4.69) is 36.3 Å². The van der Waals surface area contributed by atoms with Crippen molar-refractivity contribution < 1.29 is 4.74 Å². The first-order chi connectivity index (χ1) is 10.2. The third kappa shape index (κ3) is 4.37. The average molecular weight is 290 g/mol. The zero-order chi connectivity index (χ0) is 15.1. The van der Waals surface area contributed by atoms with Crippen LogP contribution in [0, 0.1) is 5.41 Å². The van der Waals surface area contributed by atoms with Crippen LogP contribution in [-0.2, 0) is 0 Å². The number of hydrogen-bond acceptors (Lipinski definition) is 3. The average Bonchev–Trinajstić information content (AvgIpc) is 2.54. The van der Waals surface area contributed by atoms with Crippen LogP contribution in [0.5, 0.6) is 5.75 Å². The molecule has 118 valence electrons. The molecular formula is C18H30N2O. The van der Waals surface area contributed by atoms with Crippen LogP contribution in [0.15, 0.2) is 24.3 Å². The second kappa shape index (κ2) is 7.69. The van der Waals surface area contributed by atoms with E-state index < -0.39 is 0 Å². The van der Waals surface area contributed by atoms with Gasteiger partial charge in [-0.1, -0.05) is 26.2 Å². The van der Waals surface area contributed by atoms with Gasteiger partial charge in [-0.3, -0.25) is 0 Å². The van der Waals surface area contributed by atoms with Crippen LogP contribution >= 0.6 is 0 Å². The lowest BCUT2D eigenvalue weighted by Crippen LogP contribution is -2.44. The Bertz CT molecular complexity index is 410. The third-order valence-corrected chi connectivity index (χ3v) is 4.75. The van der Waals surface area contributed by atoms with Crippen molar-refractivity contribution in [1.82, 2.24) is 5.32 Å². The van der Waals surface area contributed by atoms with Crippen LogP contribution in [0.4, 0.5) is 5.69 Å². The SMILES string of the molecule is CCNCC1(CN(C)c2ccc(OC)cc2)CCCCC1. The number of rotatable bonds is 7. The van der Waals surface area contributed by atoms with Gasteiger partial charge in [-0.2, -0.15) is 0 Å². The molecule has 2 rings (SSSR count). The summed E-state index contributed by atoms with van der Waals surface area (Å²) in [5.74, 6) is 0.923. The van der Waals surface area contributed by atoms with Crippen LogP contribution < -0.4 is 15.0 Å². The van der Waals surface area contributed by atoms with E-state index in [9.17, 15) is 0 Å². The van der Waals surface area contributed by atoms with E-state index in [4.69, 9.17) is 4.74 Å². The van der Waals surface area contributed by atoms with Gasteiger partial charge < -0.3 is 15.0 Å². The molecular weight excluding hydrogens is 260 g/mol. The van der Waals surface area contributed by atoms with E-state index in [1.807, 2.05) is 12.1 Å². The molecule has 3 nitrogen and oxygen atoms in total. The summed E-state index contributed by atoms with van der Waals surface area (Å²) in [4.78, 5) is 2.40. The summed E-state index contributed by atoms with van der Waals surface area (Å²) in [6.45, 7) is 5.54. The van der Waals surface area contributed by atoms with E-state index in [0.29, 0.717) is 5.41 Å². The number of nitrogens with zero attached hydrogens (tertiary/aromatic N) is 1. The minimum Gasteiger partial charge on any atom is -0.497 e. The second-order valence-corrected chi connectivity index (χ2v) is 6.40. The predicted octanol–water partition coefficient (Wildman–Crippen LogP) is 3.69. The maximum Gasteiger partial charge on any atom is 0.119 e. The number of ether oxygens (including phenoxy) is 1. The topological polar surface area (TPSA) is 24.5 Å². The van der Waals surface area contributed by atoms with Gasteiger partial charge in [0.15, 0.2) is 0 Å². The monoisotopic (exact) mass is 290 g/mol. The van der Waals surface area contributed by atoms with Gasteiger partial charge in [-0.25, -0.2) is 0 Å². The van der Waals surface area contributed by atoms with E-state index in [1.165, 1.54) is 37.8 Å². The molecule has 0 heterocycles. The first kappa shape index (κ1) is 16.2. The normalized spacial score (nSPS) is 17.5. The van der Waals surface area contributed by atoms with Crippen molar-refractivity contribution in [2.75, 3.05) is 38.7 Å². The quantitative estimate of drug-likeness (QED) is 0.829. The third-order valence-electron chi connectivity index (χ3n) is 4.75. The Kier molecular flexibility index (Phi) is 5.92. The molecule has 0 unspecified atom stereocenters. The lowest BCUT2D eigenvalue weighted by molar-refractivity contribution is 0.190. The molecule has 0 saturated heterocycles. The van der Waals surface area contributed by atoms with Gasteiger partial charge in [0.05, 0.1) is 7.11 Å². The maximum atomic E-state index is 5.24. The van der Waals surface area contributed by atoms with E-state index in [-0.39, 0.29) is 0 Å².